The van der Waals surface area contributed by atoms with Crippen LogP contribution in [0.2, 0.25) is 0 Å². The molecule has 0 saturated carbocycles. The van der Waals surface area contributed by atoms with Crippen molar-refractivity contribution >= 4 is 11.8 Å². The fourth-order valence-corrected chi connectivity index (χ4v) is 2.18. The molecular formula is C19H20BrNO3. The second kappa shape index (κ2) is 9.80. The molecule has 0 aliphatic heterocycles. The molecule has 5 heteroatoms. The Morgan fingerprint density at radius 2 is 1.62 bits per heavy atom. The molecule has 0 spiro atoms. The summed E-state index contributed by atoms with van der Waals surface area (Å²) in [4.78, 5) is 24.4. The van der Waals surface area contributed by atoms with Crippen molar-refractivity contribution in [2.75, 3.05) is 13.8 Å². The molecule has 0 radical (unpaired) electrons. The van der Waals surface area contributed by atoms with E-state index in [4.69, 9.17) is 4.74 Å². The molecule has 0 aromatic heterocycles. The maximum absolute atomic E-state index is 12.3. The SMILES string of the molecule is C=CC(=O)OC[NH+](C)Cc1ccc(C(=O)c2ccccc2)cc1.[Br-]. The predicted octanol–water partition coefficient (Wildman–Crippen LogP) is -1.38. The first-order chi connectivity index (χ1) is 11.1. The van der Waals surface area contributed by atoms with E-state index in [9.17, 15) is 9.59 Å². The van der Waals surface area contributed by atoms with E-state index < -0.39 is 5.97 Å². The van der Waals surface area contributed by atoms with Crippen LogP contribution in [-0.2, 0) is 16.1 Å². The summed E-state index contributed by atoms with van der Waals surface area (Å²) in [7, 11) is 1.93. The van der Waals surface area contributed by atoms with Gasteiger partial charge in [-0.05, 0) is 0 Å². The molecule has 2 rings (SSSR count). The number of hydrogen-bond donors (Lipinski definition) is 1. The number of halogens is 1. The van der Waals surface area contributed by atoms with E-state index in [2.05, 4.69) is 6.58 Å². The summed E-state index contributed by atoms with van der Waals surface area (Å²) in [5.74, 6) is -0.411. The maximum atomic E-state index is 12.3. The van der Waals surface area contributed by atoms with Gasteiger partial charge in [0.05, 0.1) is 7.05 Å². The number of benzene rings is 2. The van der Waals surface area contributed by atoms with Gasteiger partial charge in [0.1, 0.15) is 6.54 Å². The molecule has 1 N–H and O–H groups in total. The zero-order chi connectivity index (χ0) is 16.7. The lowest BCUT2D eigenvalue weighted by Crippen LogP contribution is -3.08. The van der Waals surface area contributed by atoms with Gasteiger partial charge >= 0.3 is 5.97 Å². The minimum absolute atomic E-state index is 0. The highest BCUT2D eigenvalue weighted by Crippen LogP contribution is 2.10. The van der Waals surface area contributed by atoms with Crippen LogP contribution in [0.4, 0.5) is 0 Å². The summed E-state index contributed by atoms with van der Waals surface area (Å²) >= 11 is 0. The molecule has 24 heavy (non-hydrogen) atoms. The van der Waals surface area contributed by atoms with Crippen molar-refractivity contribution in [3.63, 3.8) is 0 Å². The number of hydrogen-bond acceptors (Lipinski definition) is 3. The lowest BCUT2D eigenvalue weighted by molar-refractivity contribution is -0.911. The van der Waals surface area contributed by atoms with Gasteiger partial charge in [-0.15, -0.1) is 0 Å². The summed E-state index contributed by atoms with van der Waals surface area (Å²) in [6, 6.07) is 16.7. The van der Waals surface area contributed by atoms with Gasteiger partial charge in [0, 0.05) is 22.8 Å². The molecule has 2 aromatic rings. The summed E-state index contributed by atoms with van der Waals surface area (Å²) in [6.07, 6.45) is 1.15. The van der Waals surface area contributed by atoms with Crippen LogP contribution in [0.1, 0.15) is 21.5 Å². The summed E-state index contributed by atoms with van der Waals surface area (Å²) in [6.45, 7) is 4.33. The first-order valence-corrected chi connectivity index (χ1v) is 7.39. The van der Waals surface area contributed by atoms with Crippen LogP contribution in [0, 0.1) is 0 Å². The van der Waals surface area contributed by atoms with Gasteiger partial charge in [-0.25, -0.2) is 4.79 Å². The first-order valence-electron chi connectivity index (χ1n) is 7.39. The second-order valence-corrected chi connectivity index (χ2v) is 5.34. The molecule has 1 unspecified atom stereocenters. The zero-order valence-corrected chi connectivity index (χ0v) is 15.1. The van der Waals surface area contributed by atoms with Crippen molar-refractivity contribution in [1.82, 2.24) is 0 Å². The van der Waals surface area contributed by atoms with Crippen LogP contribution < -0.4 is 21.9 Å². The number of quaternary nitrogens is 1. The van der Waals surface area contributed by atoms with Gasteiger partial charge in [-0.1, -0.05) is 61.2 Å². The van der Waals surface area contributed by atoms with Gasteiger partial charge in [0.2, 0.25) is 6.73 Å². The molecule has 0 bridgehead atoms. The van der Waals surface area contributed by atoms with E-state index in [0.717, 1.165) is 16.5 Å². The van der Waals surface area contributed by atoms with E-state index in [1.807, 2.05) is 61.6 Å². The van der Waals surface area contributed by atoms with Crippen molar-refractivity contribution in [3.05, 3.63) is 83.9 Å². The number of esters is 1. The zero-order valence-electron chi connectivity index (χ0n) is 13.5. The third-order valence-electron chi connectivity index (χ3n) is 3.39. The molecule has 1 atom stereocenters. The Kier molecular flexibility index (Phi) is 8.09. The van der Waals surface area contributed by atoms with Crippen molar-refractivity contribution in [3.8, 4) is 0 Å². The highest BCUT2D eigenvalue weighted by molar-refractivity contribution is 6.08. The molecule has 0 heterocycles. The molecule has 0 aliphatic carbocycles. The van der Waals surface area contributed by atoms with Gasteiger partial charge < -0.3 is 26.6 Å². The number of carbonyl (C=O) groups excluding carboxylic acids is 2. The minimum atomic E-state index is -0.423. The number of carbonyl (C=O) groups is 2. The molecular weight excluding hydrogens is 370 g/mol. The topological polar surface area (TPSA) is 47.8 Å². The normalized spacial score (nSPS) is 11.0. The summed E-state index contributed by atoms with van der Waals surface area (Å²) in [5.41, 5.74) is 2.41. The Labute approximate surface area is 152 Å². The Hall–Kier alpha value is -2.24. The average molecular weight is 390 g/mol. The highest BCUT2D eigenvalue weighted by atomic mass is 79.9. The summed E-state index contributed by atoms with van der Waals surface area (Å²) in [5, 5.41) is 0. The van der Waals surface area contributed by atoms with Crippen LogP contribution in [-0.4, -0.2) is 25.5 Å². The fourth-order valence-electron chi connectivity index (χ4n) is 2.18. The van der Waals surface area contributed by atoms with Crippen LogP contribution in [0.15, 0.2) is 67.3 Å². The number of ketones is 1. The lowest BCUT2D eigenvalue weighted by atomic mass is 10.0. The molecule has 0 amide bonds. The van der Waals surface area contributed by atoms with E-state index in [-0.39, 0.29) is 29.5 Å². The molecule has 0 aliphatic rings. The van der Waals surface area contributed by atoms with Crippen molar-refractivity contribution in [1.29, 1.82) is 0 Å². The van der Waals surface area contributed by atoms with E-state index >= 15 is 0 Å². The van der Waals surface area contributed by atoms with Crippen LogP contribution in [0.5, 0.6) is 0 Å². The van der Waals surface area contributed by atoms with Gasteiger partial charge in [0.25, 0.3) is 0 Å². The van der Waals surface area contributed by atoms with Gasteiger partial charge in [-0.3, -0.25) is 4.79 Å². The lowest BCUT2D eigenvalue weighted by Gasteiger charge is -2.13. The first kappa shape index (κ1) is 19.8. The monoisotopic (exact) mass is 389 g/mol. The van der Waals surface area contributed by atoms with Crippen LogP contribution >= 0.6 is 0 Å². The molecule has 4 nitrogen and oxygen atoms in total. The van der Waals surface area contributed by atoms with Crippen molar-refractivity contribution in [2.45, 2.75) is 6.54 Å². The largest absolute Gasteiger partial charge is 1.00 e. The fraction of sp³-hybridized carbons (Fsp3) is 0.158. The molecule has 126 valence electrons. The van der Waals surface area contributed by atoms with Crippen molar-refractivity contribution < 1.29 is 36.2 Å². The number of rotatable bonds is 7. The average Bonchev–Trinajstić information content (AvgIpc) is 2.60. The van der Waals surface area contributed by atoms with Crippen LogP contribution in [0.3, 0.4) is 0 Å². The van der Waals surface area contributed by atoms with Crippen molar-refractivity contribution in [2.24, 2.45) is 0 Å². The van der Waals surface area contributed by atoms with Gasteiger partial charge in [-0.2, -0.15) is 0 Å². The van der Waals surface area contributed by atoms with E-state index in [1.165, 1.54) is 0 Å². The third-order valence-corrected chi connectivity index (χ3v) is 3.39. The Morgan fingerprint density at radius 1 is 1.04 bits per heavy atom. The Balaban J connectivity index is 0.00000288. The second-order valence-electron chi connectivity index (χ2n) is 5.34. The van der Waals surface area contributed by atoms with Gasteiger partial charge in [0.15, 0.2) is 5.78 Å². The summed E-state index contributed by atoms with van der Waals surface area (Å²) < 4.78 is 5.00. The van der Waals surface area contributed by atoms with E-state index in [1.54, 1.807) is 0 Å². The third kappa shape index (κ3) is 5.76. The Bertz CT molecular complexity index is 684. The number of ether oxygens (including phenoxy) is 1. The predicted molar refractivity (Wildman–Crippen MR) is 88.1 cm³/mol. The quantitative estimate of drug-likeness (QED) is 0.275. The Morgan fingerprint density at radius 3 is 2.21 bits per heavy atom. The smallest absolute Gasteiger partial charge is 0.334 e. The highest BCUT2D eigenvalue weighted by Gasteiger charge is 2.10. The molecule has 0 saturated heterocycles. The standard InChI is InChI=1S/C19H19NO3.BrH/c1-3-18(21)23-14-20(2)13-15-9-11-17(12-10-15)19(22)16-7-5-4-6-8-16;/h3-12H,1,13-14H2,2H3;1H. The molecule has 2 aromatic carbocycles. The molecule has 0 fully saturated rings. The van der Waals surface area contributed by atoms with Crippen LogP contribution in [0.25, 0.3) is 0 Å². The minimum Gasteiger partial charge on any atom is -1.00 e. The maximum Gasteiger partial charge on any atom is 0.334 e. The van der Waals surface area contributed by atoms with E-state index in [0.29, 0.717) is 17.7 Å². The number of nitrogens with one attached hydrogen (secondary N) is 1.